The summed E-state index contributed by atoms with van der Waals surface area (Å²) in [6.07, 6.45) is 0. The second-order valence-electron chi connectivity index (χ2n) is 6.64. The molecule has 2 amide bonds. The minimum Gasteiger partial charge on any atom is -0.365 e. The first-order chi connectivity index (χ1) is 14.1. The monoisotopic (exact) mass is 443 g/mol. The molecule has 1 aromatic heterocycles. The summed E-state index contributed by atoms with van der Waals surface area (Å²) in [5, 5.41) is 3.02. The van der Waals surface area contributed by atoms with E-state index in [1.165, 1.54) is 42.6 Å². The number of anilines is 2. The molecule has 7 nitrogen and oxygen atoms in total. The SMILES string of the molecule is Cc1sc(NC(=O)c2cccc(S(=O)(=O)N(C)c3ccccc3)c2)c(C(N)=O)c1C. The summed E-state index contributed by atoms with van der Waals surface area (Å²) < 4.78 is 27.1. The van der Waals surface area contributed by atoms with Crippen LogP contribution in [0.15, 0.2) is 59.5 Å². The zero-order valence-electron chi connectivity index (χ0n) is 16.7. The number of benzene rings is 2. The van der Waals surface area contributed by atoms with Crippen LogP contribution in [0.2, 0.25) is 0 Å². The molecule has 0 saturated heterocycles. The lowest BCUT2D eigenvalue weighted by Crippen LogP contribution is -2.26. The molecular weight excluding hydrogens is 422 g/mol. The van der Waals surface area contributed by atoms with Gasteiger partial charge in [-0.2, -0.15) is 0 Å². The number of para-hydroxylation sites is 1. The predicted molar refractivity (Wildman–Crippen MR) is 119 cm³/mol. The van der Waals surface area contributed by atoms with E-state index in [4.69, 9.17) is 5.73 Å². The molecule has 1 heterocycles. The summed E-state index contributed by atoms with van der Waals surface area (Å²) in [4.78, 5) is 25.4. The maximum absolute atomic E-state index is 13.0. The average Bonchev–Trinajstić information content (AvgIpc) is 3.01. The number of amides is 2. The van der Waals surface area contributed by atoms with E-state index in [2.05, 4.69) is 5.32 Å². The van der Waals surface area contributed by atoms with Crippen LogP contribution in [0, 0.1) is 13.8 Å². The fourth-order valence-electron chi connectivity index (χ4n) is 2.92. The van der Waals surface area contributed by atoms with Crippen molar-refractivity contribution >= 4 is 43.9 Å². The Morgan fingerprint density at radius 3 is 2.33 bits per heavy atom. The van der Waals surface area contributed by atoms with Crippen LogP contribution in [0.5, 0.6) is 0 Å². The number of hydrogen-bond acceptors (Lipinski definition) is 5. The van der Waals surface area contributed by atoms with Crippen molar-refractivity contribution in [1.29, 1.82) is 0 Å². The summed E-state index contributed by atoms with van der Waals surface area (Å²) in [6, 6.07) is 14.4. The quantitative estimate of drug-likeness (QED) is 0.607. The smallest absolute Gasteiger partial charge is 0.264 e. The second kappa shape index (κ2) is 8.29. The minimum atomic E-state index is -3.86. The molecule has 0 aliphatic carbocycles. The predicted octanol–water partition coefficient (Wildman–Crippen LogP) is 3.54. The lowest BCUT2D eigenvalue weighted by atomic mass is 10.1. The number of nitrogens with one attached hydrogen (secondary N) is 1. The normalized spacial score (nSPS) is 11.2. The van der Waals surface area contributed by atoms with Crippen molar-refractivity contribution in [1.82, 2.24) is 0 Å². The summed E-state index contributed by atoms with van der Waals surface area (Å²) >= 11 is 1.24. The topological polar surface area (TPSA) is 110 Å². The number of rotatable bonds is 6. The van der Waals surface area contributed by atoms with Gasteiger partial charge in [-0.3, -0.25) is 13.9 Å². The van der Waals surface area contributed by atoms with Crippen molar-refractivity contribution in [2.45, 2.75) is 18.7 Å². The third kappa shape index (κ3) is 4.07. The standard InChI is InChI=1S/C21H21N3O4S2/c1-13-14(2)29-21(18(13)19(22)25)23-20(26)15-8-7-11-17(12-15)30(27,28)24(3)16-9-5-4-6-10-16/h4-12H,1-3H3,(H2,22,25)(H,23,26). The number of carbonyl (C=O) groups excluding carboxylic acids is 2. The molecular formula is C21H21N3O4S2. The summed E-state index contributed by atoms with van der Waals surface area (Å²) in [6.45, 7) is 3.59. The molecule has 2 aromatic carbocycles. The fourth-order valence-corrected chi connectivity index (χ4v) is 5.22. The van der Waals surface area contributed by atoms with Crippen LogP contribution in [0.1, 0.15) is 31.2 Å². The molecule has 9 heteroatoms. The number of hydrogen-bond donors (Lipinski definition) is 2. The van der Waals surface area contributed by atoms with Gasteiger partial charge in [0.15, 0.2) is 0 Å². The van der Waals surface area contributed by atoms with Crippen molar-refractivity contribution in [2.75, 3.05) is 16.7 Å². The van der Waals surface area contributed by atoms with Gasteiger partial charge in [0.2, 0.25) is 0 Å². The molecule has 0 radical (unpaired) electrons. The Balaban J connectivity index is 1.91. The maximum atomic E-state index is 13.0. The molecule has 156 valence electrons. The Labute approximate surface area is 179 Å². The largest absolute Gasteiger partial charge is 0.365 e. The van der Waals surface area contributed by atoms with E-state index in [-0.39, 0.29) is 16.0 Å². The molecule has 0 fully saturated rings. The highest BCUT2D eigenvalue weighted by atomic mass is 32.2. The van der Waals surface area contributed by atoms with Crippen molar-refractivity contribution < 1.29 is 18.0 Å². The molecule has 0 atom stereocenters. The molecule has 0 unspecified atom stereocenters. The maximum Gasteiger partial charge on any atom is 0.264 e. The molecule has 0 aliphatic rings. The van der Waals surface area contributed by atoms with Crippen molar-refractivity contribution in [3.05, 3.63) is 76.2 Å². The number of carbonyl (C=O) groups is 2. The van der Waals surface area contributed by atoms with Crippen molar-refractivity contribution in [3.8, 4) is 0 Å². The Hall–Kier alpha value is -3.17. The van der Waals surface area contributed by atoms with E-state index in [0.29, 0.717) is 16.3 Å². The average molecular weight is 444 g/mol. The lowest BCUT2D eigenvalue weighted by molar-refractivity contribution is 0.100. The molecule has 0 aliphatic heterocycles. The van der Waals surface area contributed by atoms with Crippen LogP contribution in [-0.2, 0) is 10.0 Å². The van der Waals surface area contributed by atoms with Crippen LogP contribution in [0.4, 0.5) is 10.7 Å². The van der Waals surface area contributed by atoms with Gasteiger partial charge in [-0.05, 0) is 49.7 Å². The van der Waals surface area contributed by atoms with E-state index in [1.807, 2.05) is 6.92 Å². The number of sulfonamides is 1. The van der Waals surface area contributed by atoms with Gasteiger partial charge in [0, 0.05) is 17.5 Å². The number of nitrogens with two attached hydrogens (primary N) is 1. The highest BCUT2D eigenvalue weighted by Crippen LogP contribution is 2.32. The minimum absolute atomic E-state index is 0.0184. The zero-order valence-corrected chi connectivity index (χ0v) is 18.3. The number of thiophene rings is 1. The lowest BCUT2D eigenvalue weighted by Gasteiger charge is -2.19. The van der Waals surface area contributed by atoms with Gasteiger partial charge in [0.05, 0.1) is 16.1 Å². The summed E-state index contributed by atoms with van der Waals surface area (Å²) in [7, 11) is -2.41. The van der Waals surface area contributed by atoms with Gasteiger partial charge in [-0.15, -0.1) is 11.3 Å². The van der Waals surface area contributed by atoms with Crippen molar-refractivity contribution in [2.24, 2.45) is 5.73 Å². The van der Waals surface area contributed by atoms with E-state index in [9.17, 15) is 18.0 Å². The van der Waals surface area contributed by atoms with Gasteiger partial charge < -0.3 is 11.1 Å². The van der Waals surface area contributed by atoms with Crippen LogP contribution in [0.3, 0.4) is 0 Å². The van der Waals surface area contributed by atoms with E-state index in [0.717, 1.165) is 9.18 Å². The highest BCUT2D eigenvalue weighted by Gasteiger charge is 2.23. The molecule has 0 saturated carbocycles. The zero-order chi connectivity index (χ0) is 22.1. The van der Waals surface area contributed by atoms with Crippen LogP contribution in [-0.4, -0.2) is 27.3 Å². The Kier molecular flexibility index (Phi) is 5.95. The second-order valence-corrected chi connectivity index (χ2v) is 9.84. The van der Waals surface area contributed by atoms with Crippen molar-refractivity contribution in [3.63, 3.8) is 0 Å². The van der Waals surface area contributed by atoms with Crippen LogP contribution in [0.25, 0.3) is 0 Å². The third-order valence-corrected chi connectivity index (χ3v) is 7.64. The van der Waals surface area contributed by atoms with Gasteiger partial charge in [-0.1, -0.05) is 24.3 Å². The van der Waals surface area contributed by atoms with E-state index in [1.54, 1.807) is 37.3 Å². The third-order valence-electron chi connectivity index (χ3n) is 4.73. The van der Waals surface area contributed by atoms with E-state index < -0.39 is 21.8 Å². The Morgan fingerprint density at radius 2 is 1.70 bits per heavy atom. The van der Waals surface area contributed by atoms with Gasteiger partial charge in [0.1, 0.15) is 5.00 Å². The van der Waals surface area contributed by atoms with Crippen LogP contribution >= 0.6 is 11.3 Å². The summed E-state index contributed by atoms with van der Waals surface area (Å²) in [5.74, 6) is -1.16. The highest BCUT2D eigenvalue weighted by molar-refractivity contribution is 7.92. The Morgan fingerprint density at radius 1 is 1.03 bits per heavy atom. The molecule has 30 heavy (non-hydrogen) atoms. The fraction of sp³-hybridized carbons (Fsp3) is 0.143. The number of primary amides is 1. The van der Waals surface area contributed by atoms with Gasteiger partial charge >= 0.3 is 0 Å². The first kappa shape index (κ1) is 21.5. The summed E-state index contributed by atoms with van der Waals surface area (Å²) in [5.41, 5.74) is 7.07. The molecule has 3 aromatic rings. The molecule has 0 spiro atoms. The first-order valence-electron chi connectivity index (χ1n) is 8.98. The number of aryl methyl sites for hydroxylation is 1. The Bertz CT molecular complexity index is 1220. The van der Waals surface area contributed by atoms with E-state index >= 15 is 0 Å². The molecule has 3 rings (SSSR count). The molecule has 0 bridgehead atoms. The van der Waals surface area contributed by atoms with Crippen LogP contribution < -0.4 is 15.4 Å². The van der Waals surface area contributed by atoms with Gasteiger partial charge in [0.25, 0.3) is 21.8 Å². The first-order valence-corrected chi connectivity index (χ1v) is 11.2. The van der Waals surface area contributed by atoms with Gasteiger partial charge in [-0.25, -0.2) is 8.42 Å². The number of nitrogens with zero attached hydrogens (tertiary/aromatic N) is 1. The molecule has 3 N–H and O–H groups in total.